The molecular weight excluding hydrogens is 557 g/mol. The van der Waals surface area contributed by atoms with E-state index in [2.05, 4.69) is 32.4 Å². The number of fused-ring (bicyclic) bond motifs is 1. The van der Waals surface area contributed by atoms with Gasteiger partial charge in [-0.15, -0.1) is 0 Å². The number of methoxy groups -OCH3 is 1. The van der Waals surface area contributed by atoms with Crippen LogP contribution in [0.25, 0.3) is 10.9 Å². The summed E-state index contributed by atoms with van der Waals surface area (Å²) in [5, 5.41) is 6.37. The predicted molar refractivity (Wildman–Crippen MR) is 152 cm³/mol. The van der Waals surface area contributed by atoms with Crippen LogP contribution in [-0.4, -0.2) is 76.5 Å². The number of alkyl halides is 3. The number of H-pyrrole nitrogens is 1. The highest BCUT2D eigenvalue weighted by Gasteiger charge is 2.30. The van der Waals surface area contributed by atoms with Gasteiger partial charge in [0.1, 0.15) is 5.75 Å². The Morgan fingerprint density at radius 1 is 1.20 bits per heavy atom. The molecule has 1 aliphatic rings. The quantitative estimate of drug-likeness (QED) is 0.354. The predicted octanol–water partition coefficient (Wildman–Crippen LogP) is 4.36. The van der Waals surface area contributed by atoms with E-state index in [-0.39, 0.29) is 39.9 Å². The number of hydrogen-bond acceptors (Lipinski definition) is 6. The molecule has 3 aromatic rings. The summed E-state index contributed by atoms with van der Waals surface area (Å²) in [5.41, 5.74) is 1.39. The minimum atomic E-state index is -4.42. The SMILES string of the molecule is COc1ccc(S(C)(=O)=O)cc1NCC#Cc1cc(C(=O)NC2CCCN(C)CC2)c2[nH]cc(CC(F)(F)F)c2c1. The molecule has 0 saturated carbocycles. The average molecular weight is 591 g/mol. The topological polar surface area (TPSA) is 104 Å². The molecule has 0 spiro atoms. The van der Waals surface area contributed by atoms with Gasteiger partial charge in [-0.2, -0.15) is 13.2 Å². The zero-order chi connectivity index (χ0) is 29.8. The normalized spacial score (nSPS) is 16.5. The Labute approximate surface area is 237 Å². The van der Waals surface area contributed by atoms with Crippen LogP contribution in [0.2, 0.25) is 0 Å². The van der Waals surface area contributed by atoms with Crippen molar-refractivity contribution in [2.45, 2.75) is 42.8 Å². The molecule has 1 aliphatic heterocycles. The maximum Gasteiger partial charge on any atom is 0.393 e. The molecule has 0 aliphatic carbocycles. The number of amides is 1. The third-order valence-corrected chi connectivity index (χ3v) is 8.11. The second kappa shape index (κ2) is 12.4. The average Bonchev–Trinajstić information content (AvgIpc) is 3.17. The van der Waals surface area contributed by atoms with Crippen LogP contribution < -0.4 is 15.4 Å². The van der Waals surface area contributed by atoms with Gasteiger partial charge in [-0.05, 0) is 75.3 Å². The Bertz CT molecular complexity index is 1590. The number of carbonyl (C=O) groups excluding carboxylic acids is 1. The molecule has 8 nitrogen and oxygen atoms in total. The van der Waals surface area contributed by atoms with Gasteiger partial charge in [0.05, 0.1) is 41.7 Å². The summed E-state index contributed by atoms with van der Waals surface area (Å²) < 4.78 is 69.0. The molecule has 1 amide bonds. The number of rotatable bonds is 7. The fourth-order valence-corrected chi connectivity index (χ4v) is 5.54. The first-order chi connectivity index (χ1) is 19.3. The number of aromatic amines is 1. The summed E-state index contributed by atoms with van der Waals surface area (Å²) in [6.45, 7) is 1.87. The molecule has 1 fully saturated rings. The third kappa shape index (κ3) is 7.95. The van der Waals surface area contributed by atoms with Crippen LogP contribution in [0.15, 0.2) is 41.4 Å². The number of nitrogens with one attached hydrogen (secondary N) is 3. The molecule has 2 heterocycles. The van der Waals surface area contributed by atoms with Crippen molar-refractivity contribution in [2.75, 3.05) is 45.4 Å². The van der Waals surface area contributed by atoms with Crippen LogP contribution in [0.3, 0.4) is 0 Å². The highest BCUT2D eigenvalue weighted by molar-refractivity contribution is 7.90. The van der Waals surface area contributed by atoms with Crippen LogP contribution in [0.5, 0.6) is 5.75 Å². The number of sulfone groups is 1. The van der Waals surface area contributed by atoms with Crippen molar-refractivity contribution in [3.05, 3.63) is 53.2 Å². The number of hydrogen-bond donors (Lipinski definition) is 3. The van der Waals surface area contributed by atoms with Crippen molar-refractivity contribution < 1.29 is 31.1 Å². The number of likely N-dealkylation sites (tertiary alicyclic amines) is 1. The van der Waals surface area contributed by atoms with Crippen LogP contribution in [0.1, 0.15) is 40.7 Å². The zero-order valence-electron chi connectivity index (χ0n) is 23.1. The molecule has 3 N–H and O–H groups in total. The molecule has 220 valence electrons. The van der Waals surface area contributed by atoms with Gasteiger partial charge in [0, 0.05) is 29.4 Å². The van der Waals surface area contributed by atoms with Gasteiger partial charge >= 0.3 is 6.18 Å². The zero-order valence-corrected chi connectivity index (χ0v) is 23.9. The molecule has 12 heteroatoms. The van der Waals surface area contributed by atoms with Crippen molar-refractivity contribution in [1.82, 2.24) is 15.2 Å². The van der Waals surface area contributed by atoms with E-state index in [1.165, 1.54) is 31.5 Å². The van der Waals surface area contributed by atoms with E-state index in [9.17, 15) is 26.4 Å². The van der Waals surface area contributed by atoms with E-state index in [1.807, 2.05) is 7.05 Å². The first-order valence-corrected chi connectivity index (χ1v) is 15.0. The van der Waals surface area contributed by atoms with E-state index in [0.717, 1.165) is 38.6 Å². The molecular formula is C29H33F3N4O4S. The molecule has 4 rings (SSSR count). The van der Waals surface area contributed by atoms with Crippen LogP contribution in [0, 0.1) is 11.8 Å². The monoisotopic (exact) mass is 590 g/mol. The molecule has 2 aromatic carbocycles. The first kappa shape index (κ1) is 30.3. The van der Waals surface area contributed by atoms with Crippen LogP contribution >= 0.6 is 0 Å². The molecule has 1 saturated heterocycles. The minimum Gasteiger partial charge on any atom is -0.495 e. The number of halogens is 3. The summed E-state index contributed by atoms with van der Waals surface area (Å²) in [6, 6.07) is 7.50. The highest BCUT2D eigenvalue weighted by atomic mass is 32.2. The lowest BCUT2D eigenvalue weighted by Gasteiger charge is -2.17. The number of ether oxygens (including phenoxy) is 1. The molecule has 0 bridgehead atoms. The Kier molecular flexibility index (Phi) is 9.19. The lowest BCUT2D eigenvalue weighted by atomic mass is 10.0. The van der Waals surface area contributed by atoms with Crippen molar-refractivity contribution in [2.24, 2.45) is 0 Å². The van der Waals surface area contributed by atoms with Gasteiger partial charge in [0.15, 0.2) is 9.84 Å². The Balaban J connectivity index is 1.62. The number of anilines is 1. The standard InChI is InChI=1S/C29H33F3N4O4S/c1-36-12-5-7-21(10-13-36)35-28(37)24-15-19(14-23-20(17-29(30,31)32)18-34-27(23)24)6-4-11-33-25-16-22(41(3,38)39)8-9-26(25)40-2/h8-9,14-16,18,21,33-34H,5,7,10-13,17H2,1-3H3,(H,35,37). The lowest BCUT2D eigenvalue weighted by Crippen LogP contribution is -2.35. The lowest BCUT2D eigenvalue weighted by molar-refractivity contribution is -0.127. The first-order valence-electron chi connectivity index (χ1n) is 13.1. The minimum absolute atomic E-state index is 0.0294. The van der Waals surface area contributed by atoms with Gasteiger partial charge in [-0.25, -0.2) is 8.42 Å². The fourth-order valence-electron chi connectivity index (χ4n) is 4.89. The molecule has 1 unspecified atom stereocenters. The van der Waals surface area contributed by atoms with Crippen LogP contribution in [-0.2, 0) is 16.3 Å². The van der Waals surface area contributed by atoms with Gasteiger partial charge in [-0.1, -0.05) is 11.8 Å². The summed E-state index contributed by atoms with van der Waals surface area (Å²) in [5.74, 6) is 5.90. The Morgan fingerprint density at radius 2 is 1.98 bits per heavy atom. The highest BCUT2D eigenvalue weighted by Crippen LogP contribution is 2.30. The third-order valence-electron chi connectivity index (χ3n) is 7.00. The van der Waals surface area contributed by atoms with Gasteiger partial charge in [-0.3, -0.25) is 4.79 Å². The molecule has 1 atom stereocenters. The number of aromatic nitrogens is 1. The molecule has 41 heavy (non-hydrogen) atoms. The van der Waals surface area contributed by atoms with E-state index < -0.39 is 22.4 Å². The maximum absolute atomic E-state index is 13.4. The van der Waals surface area contributed by atoms with Crippen molar-refractivity contribution in [3.8, 4) is 17.6 Å². The summed E-state index contributed by atoms with van der Waals surface area (Å²) in [6.07, 6.45) is -0.637. The Hall–Kier alpha value is -3.69. The number of benzene rings is 2. The molecule has 1 aromatic heterocycles. The second-order valence-electron chi connectivity index (χ2n) is 10.2. The number of nitrogens with zero attached hydrogens (tertiary/aromatic N) is 1. The summed E-state index contributed by atoms with van der Waals surface area (Å²) in [7, 11) is 0.0475. The molecule has 0 radical (unpaired) electrons. The van der Waals surface area contributed by atoms with E-state index in [4.69, 9.17) is 4.74 Å². The number of carbonyl (C=O) groups is 1. The van der Waals surface area contributed by atoms with Crippen LogP contribution in [0.4, 0.5) is 18.9 Å². The maximum atomic E-state index is 13.4. The van der Waals surface area contributed by atoms with Gasteiger partial charge in [0.25, 0.3) is 5.91 Å². The van der Waals surface area contributed by atoms with Crippen molar-refractivity contribution >= 4 is 32.3 Å². The second-order valence-corrected chi connectivity index (χ2v) is 12.3. The smallest absolute Gasteiger partial charge is 0.393 e. The summed E-state index contributed by atoms with van der Waals surface area (Å²) >= 11 is 0. The largest absolute Gasteiger partial charge is 0.495 e. The van der Waals surface area contributed by atoms with E-state index in [1.54, 1.807) is 12.1 Å². The van der Waals surface area contributed by atoms with Gasteiger partial charge < -0.3 is 25.3 Å². The van der Waals surface area contributed by atoms with E-state index >= 15 is 0 Å². The van der Waals surface area contributed by atoms with Crippen molar-refractivity contribution in [3.63, 3.8) is 0 Å². The Morgan fingerprint density at radius 3 is 2.68 bits per heavy atom. The fraction of sp³-hybridized carbons (Fsp3) is 0.414. The van der Waals surface area contributed by atoms with Gasteiger partial charge in [0.2, 0.25) is 0 Å². The van der Waals surface area contributed by atoms with Crippen molar-refractivity contribution in [1.29, 1.82) is 0 Å². The summed E-state index contributed by atoms with van der Waals surface area (Å²) in [4.78, 5) is 18.6. The van der Waals surface area contributed by atoms with E-state index in [0.29, 0.717) is 22.5 Å².